The number of nitrogens with two attached hydrogens (primary N) is 1. The van der Waals surface area contributed by atoms with Crippen molar-refractivity contribution in [3.8, 4) is 0 Å². The summed E-state index contributed by atoms with van der Waals surface area (Å²) < 4.78 is 0. The van der Waals surface area contributed by atoms with Crippen molar-refractivity contribution in [1.29, 1.82) is 0 Å². The predicted molar refractivity (Wildman–Crippen MR) is 73.6 cm³/mol. The van der Waals surface area contributed by atoms with Crippen LogP contribution in [0.4, 0.5) is 0 Å². The van der Waals surface area contributed by atoms with E-state index in [1.54, 1.807) is 0 Å². The zero-order valence-electron chi connectivity index (χ0n) is 10.8. The molecule has 4 N–H and O–H groups in total. The summed E-state index contributed by atoms with van der Waals surface area (Å²) in [6.07, 6.45) is 3.30. The van der Waals surface area contributed by atoms with Crippen molar-refractivity contribution >= 4 is 16.9 Å². The van der Waals surface area contributed by atoms with E-state index in [0.717, 1.165) is 42.5 Å². The van der Waals surface area contributed by atoms with E-state index in [9.17, 15) is 4.79 Å². The normalized spacial score (nSPS) is 16.5. The molecule has 0 bridgehead atoms. The Hall–Kier alpha value is -1.88. The van der Waals surface area contributed by atoms with E-state index in [1.165, 1.54) is 0 Å². The average molecular weight is 258 g/mol. The fourth-order valence-corrected chi connectivity index (χ4v) is 2.12. The lowest BCUT2D eigenvalue weighted by molar-refractivity contribution is -0.123. The van der Waals surface area contributed by atoms with Gasteiger partial charge in [0.05, 0.1) is 16.6 Å². The highest BCUT2D eigenvalue weighted by Crippen LogP contribution is 2.31. The van der Waals surface area contributed by atoms with E-state index in [2.05, 4.69) is 15.3 Å². The Morgan fingerprint density at radius 2 is 2.21 bits per heavy atom. The number of hydrogen-bond donors (Lipinski definition) is 3. The van der Waals surface area contributed by atoms with Gasteiger partial charge in [0.15, 0.2) is 0 Å². The van der Waals surface area contributed by atoms with Gasteiger partial charge in [0.2, 0.25) is 5.91 Å². The summed E-state index contributed by atoms with van der Waals surface area (Å²) in [5.41, 5.74) is 7.28. The Labute approximate surface area is 111 Å². The summed E-state index contributed by atoms with van der Waals surface area (Å²) in [7, 11) is 0. The number of rotatable bonds is 5. The van der Waals surface area contributed by atoms with Gasteiger partial charge in [-0.1, -0.05) is 12.1 Å². The molecule has 2 aromatic rings. The number of H-pyrrole nitrogens is 1. The average Bonchev–Trinajstić information content (AvgIpc) is 3.03. The first-order valence-corrected chi connectivity index (χ1v) is 6.68. The number of carbonyl (C=O) groups is 1. The lowest BCUT2D eigenvalue weighted by Crippen LogP contribution is -2.43. The minimum Gasteiger partial charge on any atom is -0.354 e. The molecule has 3 rings (SSSR count). The molecule has 1 fully saturated rings. The number of fused-ring (bicyclic) bond motifs is 1. The van der Waals surface area contributed by atoms with Crippen molar-refractivity contribution in [2.75, 3.05) is 6.54 Å². The highest BCUT2D eigenvalue weighted by atomic mass is 16.2. The van der Waals surface area contributed by atoms with Gasteiger partial charge in [0, 0.05) is 13.0 Å². The summed E-state index contributed by atoms with van der Waals surface area (Å²) in [5, 5.41) is 2.88. The summed E-state index contributed by atoms with van der Waals surface area (Å²) in [5.74, 6) is 0.946. The Balaban J connectivity index is 1.48. The molecule has 0 atom stereocenters. The van der Waals surface area contributed by atoms with E-state index in [0.29, 0.717) is 6.54 Å². The maximum absolute atomic E-state index is 11.6. The molecule has 1 aliphatic carbocycles. The van der Waals surface area contributed by atoms with Crippen LogP contribution in [0.1, 0.15) is 25.1 Å². The SMILES string of the molecule is NC1(C(=O)NCCCc2nc3ccccc3[nH]2)CC1. The van der Waals surface area contributed by atoms with Crippen LogP contribution in [0, 0.1) is 0 Å². The molecule has 1 saturated carbocycles. The molecule has 1 heterocycles. The smallest absolute Gasteiger partial charge is 0.240 e. The van der Waals surface area contributed by atoms with E-state index in [4.69, 9.17) is 5.73 Å². The third kappa shape index (κ3) is 2.61. The van der Waals surface area contributed by atoms with Gasteiger partial charge in [-0.05, 0) is 31.4 Å². The predicted octanol–water partition coefficient (Wildman–Crippen LogP) is 1.10. The van der Waals surface area contributed by atoms with Gasteiger partial charge in [-0.25, -0.2) is 4.98 Å². The molecule has 0 spiro atoms. The number of nitrogens with one attached hydrogen (secondary N) is 2. The van der Waals surface area contributed by atoms with E-state index in [1.807, 2.05) is 24.3 Å². The third-order valence-electron chi connectivity index (χ3n) is 3.56. The van der Waals surface area contributed by atoms with E-state index < -0.39 is 5.54 Å². The number of nitrogens with zero attached hydrogens (tertiary/aromatic N) is 1. The molecule has 1 amide bonds. The van der Waals surface area contributed by atoms with Gasteiger partial charge in [-0.3, -0.25) is 4.79 Å². The Morgan fingerprint density at radius 1 is 1.42 bits per heavy atom. The van der Waals surface area contributed by atoms with Gasteiger partial charge in [0.1, 0.15) is 5.82 Å². The van der Waals surface area contributed by atoms with E-state index >= 15 is 0 Å². The van der Waals surface area contributed by atoms with Crippen molar-refractivity contribution in [3.63, 3.8) is 0 Å². The highest BCUT2D eigenvalue weighted by molar-refractivity contribution is 5.88. The first-order chi connectivity index (χ1) is 9.17. The number of hydrogen-bond acceptors (Lipinski definition) is 3. The molecule has 5 nitrogen and oxygen atoms in total. The standard InChI is InChI=1S/C14H18N4O/c15-14(7-8-14)13(19)16-9-3-6-12-17-10-4-1-2-5-11(10)18-12/h1-2,4-5H,3,6-9,15H2,(H,16,19)(H,17,18). The number of imidazole rings is 1. The van der Waals surface area contributed by atoms with Crippen LogP contribution in [-0.2, 0) is 11.2 Å². The number of benzene rings is 1. The van der Waals surface area contributed by atoms with Gasteiger partial charge in [-0.15, -0.1) is 0 Å². The van der Waals surface area contributed by atoms with E-state index in [-0.39, 0.29) is 5.91 Å². The third-order valence-corrected chi connectivity index (χ3v) is 3.56. The fourth-order valence-electron chi connectivity index (χ4n) is 2.12. The molecular weight excluding hydrogens is 240 g/mol. The molecule has 5 heteroatoms. The van der Waals surface area contributed by atoms with Crippen LogP contribution < -0.4 is 11.1 Å². The maximum Gasteiger partial charge on any atom is 0.240 e. The van der Waals surface area contributed by atoms with Gasteiger partial charge in [0.25, 0.3) is 0 Å². The summed E-state index contributed by atoms with van der Waals surface area (Å²) in [6.45, 7) is 0.648. The van der Waals surface area contributed by atoms with Crippen molar-refractivity contribution in [1.82, 2.24) is 15.3 Å². The first-order valence-electron chi connectivity index (χ1n) is 6.68. The number of aromatic nitrogens is 2. The number of aromatic amines is 1. The quantitative estimate of drug-likeness (QED) is 0.702. The largest absolute Gasteiger partial charge is 0.354 e. The molecule has 1 aromatic heterocycles. The second-order valence-corrected chi connectivity index (χ2v) is 5.22. The summed E-state index contributed by atoms with van der Waals surface area (Å²) >= 11 is 0. The zero-order chi connectivity index (χ0) is 13.3. The van der Waals surface area contributed by atoms with Crippen LogP contribution >= 0.6 is 0 Å². The number of para-hydroxylation sites is 2. The van der Waals surface area contributed by atoms with Crippen molar-refractivity contribution in [2.24, 2.45) is 5.73 Å². The van der Waals surface area contributed by atoms with Gasteiger partial charge < -0.3 is 16.0 Å². The fraction of sp³-hybridized carbons (Fsp3) is 0.429. The van der Waals surface area contributed by atoms with Crippen LogP contribution in [0.15, 0.2) is 24.3 Å². The second kappa shape index (κ2) is 4.66. The highest BCUT2D eigenvalue weighted by Gasteiger charge is 2.45. The zero-order valence-corrected chi connectivity index (χ0v) is 10.8. The minimum atomic E-state index is -0.570. The molecule has 1 aliphatic rings. The van der Waals surface area contributed by atoms with Crippen molar-refractivity contribution in [3.05, 3.63) is 30.1 Å². The molecule has 0 aliphatic heterocycles. The molecule has 0 unspecified atom stereocenters. The summed E-state index contributed by atoms with van der Waals surface area (Å²) in [6, 6.07) is 7.96. The molecular formula is C14H18N4O. The van der Waals surface area contributed by atoms with Gasteiger partial charge in [-0.2, -0.15) is 0 Å². The lowest BCUT2D eigenvalue weighted by atomic mass is 10.2. The number of amides is 1. The first kappa shape index (κ1) is 12.2. The molecule has 0 saturated heterocycles. The van der Waals surface area contributed by atoms with Crippen LogP contribution in [-0.4, -0.2) is 28.0 Å². The Bertz CT molecular complexity index is 567. The number of carbonyl (C=O) groups excluding carboxylic acids is 1. The molecule has 100 valence electrons. The van der Waals surface area contributed by atoms with Crippen LogP contribution in [0.3, 0.4) is 0 Å². The van der Waals surface area contributed by atoms with Crippen LogP contribution in [0.2, 0.25) is 0 Å². The molecule has 0 radical (unpaired) electrons. The van der Waals surface area contributed by atoms with Crippen LogP contribution in [0.25, 0.3) is 11.0 Å². The number of aryl methyl sites for hydroxylation is 1. The monoisotopic (exact) mass is 258 g/mol. The molecule has 19 heavy (non-hydrogen) atoms. The van der Waals surface area contributed by atoms with Gasteiger partial charge >= 0.3 is 0 Å². The Kier molecular flexibility index (Phi) is 2.98. The van der Waals surface area contributed by atoms with Crippen molar-refractivity contribution in [2.45, 2.75) is 31.2 Å². The van der Waals surface area contributed by atoms with Crippen molar-refractivity contribution < 1.29 is 4.79 Å². The maximum atomic E-state index is 11.6. The topological polar surface area (TPSA) is 83.8 Å². The Morgan fingerprint density at radius 3 is 2.95 bits per heavy atom. The second-order valence-electron chi connectivity index (χ2n) is 5.22. The lowest BCUT2D eigenvalue weighted by Gasteiger charge is -2.09. The van der Waals surface area contributed by atoms with Crippen LogP contribution in [0.5, 0.6) is 0 Å². The molecule has 1 aromatic carbocycles. The summed E-state index contributed by atoms with van der Waals surface area (Å²) in [4.78, 5) is 19.4. The minimum absolute atomic E-state index is 0.0166.